The molecule has 0 radical (unpaired) electrons. The Hall–Kier alpha value is -1.16. The molecule has 0 saturated heterocycles. The minimum absolute atomic E-state index is 0.0357. The zero-order valence-electron chi connectivity index (χ0n) is 13.1. The van der Waals surface area contributed by atoms with Gasteiger partial charge in [-0.1, -0.05) is 20.8 Å². The van der Waals surface area contributed by atoms with Gasteiger partial charge in [-0.15, -0.1) is 0 Å². The zero-order chi connectivity index (χ0) is 14.4. The average molecular weight is 265 g/mol. The van der Waals surface area contributed by atoms with Crippen LogP contribution in [0.2, 0.25) is 0 Å². The summed E-state index contributed by atoms with van der Waals surface area (Å²) in [5.74, 6) is 2.09. The van der Waals surface area contributed by atoms with Gasteiger partial charge in [-0.2, -0.15) is 0 Å². The van der Waals surface area contributed by atoms with Crippen LogP contribution in [0.25, 0.3) is 0 Å². The van der Waals surface area contributed by atoms with Crippen LogP contribution in [-0.4, -0.2) is 23.1 Å². The molecule has 0 aliphatic carbocycles. The smallest absolute Gasteiger partial charge is 0.160 e. The van der Waals surface area contributed by atoms with Crippen LogP contribution >= 0.6 is 0 Å². The third kappa shape index (κ3) is 4.16. The summed E-state index contributed by atoms with van der Waals surface area (Å²) in [6.45, 7) is 14.1. The Morgan fingerprint density at radius 1 is 1.16 bits per heavy atom. The standard InChI is InChI=1S/C15H27N3O/c1-7-9-16-14-11(5)12(6)17-15(18-14)13(10(3)4)19-8-2/h10,13H,7-9H2,1-6H3,(H,16,17,18). The summed E-state index contributed by atoms with van der Waals surface area (Å²) in [5, 5.41) is 3.37. The molecule has 0 aliphatic heterocycles. The van der Waals surface area contributed by atoms with Crippen LogP contribution in [0.5, 0.6) is 0 Å². The number of anilines is 1. The van der Waals surface area contributed by atoms with Crippen LogP contribution in [0, 0.1) is 19.8 Å². The van der Waals surface area contributed by atoms with Gasteiger partial charge in [0.05, 0.1) is 0 Å². The van der Waals surface area contributed by atoms with E-state index in [-0.39, 0.29) is 6.10 Å². The van der Waals surface area contributed by atoms with Crippen LogP contribution in [0.15, 0.2) is 0 Å². The maximum atomic E-state index is 5.79. The Kier molecular flexibility index (Phi) is 6.22. The SMILES string of the molecule is CCCNc1nc(C(OCC)C(C)C)nc(C)c1C. The van der Waals surface area contributed by atoms with Crippen molar-refractivity contribution in [2.75, 3.05) is 18.5 Å². The second kappa shape index (κ2) is 7.43. The lowest BCUT2D eigenvalue weighted by molar-refractivity contribution is 0.0232. The first-order chi connectivity index (χ1) is 9.01. The molecule has 0 saturated carbocycles. The largest absolute Gasteiger partial charge is 0.370 e. The van der Waals surface area contributed by atoms with Crippen molar-refractivity contribution < 1.29 is 4.74 Å². The van der Waals surface area contributed by atoms with Crippen molar-refractivity contribution in [3.05, 3.63) is 17.1 Å². The Labute approximate surface area is 117 Å². The molecule has 1 rings (SSSR count). The highest BCUT2D eigenvalue weighted by atomic mass is 16.5. The van der Waals surface area contributed by atoms with Gasteiger partial charge in [-0.25, -0.2) is 9.97 Å². The second-order valence-corrected chi connectivity index (χ2v) is 5.19. The van der Waals surface area contributed by atoms with Gasteiger partial charge in [0.25, 0.3) is 0 Å². The van der Waals surface area contributed by atoms with Crippen molar-refractivity contribution in [1.29, 1.82) is 0 Å². The molecule has 1 N–H and O–H groups in total. The summed E-state index contributed by atoms with van der Waals surface area (Å²) >= 11 is 0. The first-order valence-electron chi connectivity index (χ1n) is 7.21. The maximum absolute atomic E-state index is 5.79. The third-order valence-corrected chi connectivity index (χ3v) is 3.16. The van der Waals surface area contributed by atoms with E-state index in [2.05, 4.69) is 43.0 Å². The van der Waals surface area contributed by atoms with Crippen molar-refractivity contribution in [2.45, 2.75) is 54.1 Å². The summed E-state index contributed by atoms with van der Waals surface area (Å²) in [7, 11) is 0. The van der Waals surface area contributed by atoms with Gasteiger partial charge in [0.1, 0.15) is 11.9 Å². The highest BCUT2D eigenvalue weighted by Crippen LogP contribution is 2.26. The van der Waals surface area contributed by atoms with E-state index in [0.29, 0.717) is 12.5 Å². The van der Waals surface area contributed by atoms with Gasteiger partial charge in [-0.3, -0.25) is 0 Å². The molecule has 0 aromatic carbocycles. The third-order valence-electron chi connectivity index (χ3n) is 3.16. The molecule has 0 aliphatic rings. The van der Waals surface area contributed by atoms with E-state index in [1.807, 2.05) is 13.8 Å². The van der Waals surface area contributed by atoms with Gasteiger partial charge >= 0.3 is 0 Å². The summed E-state index contributed by atoms with van der Waals surface area (Å²) in [6, 6.07) is 0. The van der Waals surface area contributed by atoms with Crippen LogP contribution in [0.4, 0.5) is 5.82 Å². The van der Waals surface area contributed by atoms with Crippen LogP contribution in [0.1, 0.15) is 57.3 Å². The molecule has 4 nitrogen and oxygen atoms in total. The molecule has 0 bridgehead atoms. The molecular weight excluding hydrogens is 238 g/mol. The van der Waals surface area contributed by atoms with E-state index in [4.69, 9.17) is 4.74 Å². The lowest BCUT2D eigenvalue weighted by Gasteiger charge is -2.21. The van der Waals surface area contributed by atoms with Crippen molar-refractivity contribution in [3.63, 3.8) is 0 Å². The minimum Gasteiger partial charge on any atom is -0.370 e. The van der Waals surface area contributed by atoms with Gasteiger partial charge in [0.2, 0.25) is 0 Å². The van der Waals surface area contributed by atoms with E-state index in [9.17, 15) is 0 Å². The molecule has 1 aromatic heterocycles. The number of nitrogens with one attached hydrogen (secondary N) is 1. The van der Waals surface area contributed by atoms with Crippen molar-refractivity contribution in [2.24, 2.45) is 5.92 Å². The quantitative estimate of drug-likeness (QED) is 0.817. The Balaban J connectivity index is 3.09. The molecule has 4 heteroatoms. The molecule has 19 heavy (non-hydrogen) atoms. The van der Waals surface area contributed by atoms with E-state index >= 15 is 0 Å². The van der Waals surface area contributed by atoms with E-state index in [1.165, 1.54) is 0 Å². The van der Waals surface area contributed by atoms with Crippen LogP contribution < -0.4 is 5.32 Å². The van der Waals surface area contributed by atoms with Crippen molar-refractivity contribution >= 4 is 5.82 Å². The number of hydrogen-bond acceptors (Lipinski definition) is 4. The van der Waals surface area contributed by atoms with Gasteiger partial charge in [0.15, 0.2) is 5.82 Å². The van der Waals surface area contributed by atoms with Gasteiger partial charge < -0.3 is 10.1 Å². The molecule has 1 heterocycles. The number of aromatic nitrogens is 2. The van der Waals surface area contributed by atoms with E-state index < -0.39 is 0 Å². The number of ether oxygens (including phenoxy) is 1. The maximum Gasteiger partial charge on any atom is 0.160 e. The topological polar surface area (TPSA) is 47.0 Å². The van der Waals surface area contributed by atoms with Crippen molar-refractivity contribution in [1.82, 2.24) is 9.97 Å². The monoisotopic (exact) mass is 265 g/mol. The fourth-order valence-corrected chi connectivity index (χ4v) is 1.94. The van der Waals surface area contributed by atoms with E-state index in [0.717, 1.165) is 35.9 Å². The fraction of sp³-hybridized carbons (Fsp3) is 0.733. The van der Waals surface area contributed by atoms with Crippen molar-refractivity contribution in [3.8, 4) is 0 Å². The average Bonchev–Trinajstić information content (AvgIpc) is 2.37. The zero-order valence-corrected chi connectivity index (χ0v) is 13.1. The lowest BCUT2D eigenvalue weighted by atomic mass is 10.1. The molecular formula is C15H27N3O. The number of nitrogens with zero attached hydrogens (tertiary/aromatic N) is 2. The Morgan fingerprint density at radius 2 is 1.84 bits per heavy atom. The number of hydrogen-bond donors (Lipinski definition) is 1. The predicted octanol–water partition coefficient (Wildman–Crippen LogP) is 3.65. The number of rotatable bonds is 7. The minimum atomic E-state index is -0.0357. The molecule has 1 aromatic rings. The fourth-order valence-electron chi connectivity index (χ4n) is 1.94. The predicted molar refractivity (Wildman–Crippen MR) is 79.5 cm³/mol. The molecule has 1 atom stereocenters. The molecule has 0 spiro atoms. The van der Waals surface area contributed by atoms with Gasteiger partial charge in [-0.05, 0) is 33.1 Å². The van der Waals surface area contributed by atoms with Crippen LogP contribution in [-0.2, 0) is 4.74 Å². The molecule has 1 unspecified atom stereocenters. The first-order valence-corrected chi connectivity index (χ1v) is 7.21. The summed E-state index contributed by atoms with van der Waals surface area (Å²) in [6.07, 6.45) is 1.04. The summed E-state index contributed by atoms with van der Waals surface area (Å²) in [4.78, 5) is 9.27. The highest BCUT2D eigenvalue weighted by molar-refractivity contribution is 5.45. The highest BCUT2D eigenvalue weighted by Gasteiger charge is 2.21. The normalized spacial score (nSPS) is 12.8. The molecule has 0 amide bonds. The van der Waals surface area contributed by atoms with Gasteiger partial charge in [0, 0.05) is 24.4 Å². The second-order valence-electron chi connectivity index (χ2n) is 5.19. The molecule has 108 valence electrons. The first kappa shape index (κ1) is 15.9. The number of aryl methyl sites for hydroxylation is 1. The Bertz CT molecular complexity index is 405. The lowest BCUT2D eigenvalue weighted by Crippen LogP contribution is -2.17. The summed E-state index contributed by atoms with van der Waals surface area (Å²) < 4.78 is 5.79. The van der Waals surface area contributed by atoms with Crippen LogP contribution in [0.3, 0.4) is 0 Å². The van der Waals surface area contributed by atoms with E-state index in [1.54, 1.807) is 0 Å². The molecule has 0 fully saturated rings. The Morgan fingerprint density at radius 3 is 2.37 bits per heavy atom. The summed E-state index contributed by atoms with van der Waals surface area (Å²) in [5.41, 5.74) is 2.14.